The molecule has 80 valence electrons. The number of nitrogens with zero attached hydrogens (tertiary/aromatic N) is 1. The average Bonchev–Trinajstić information content (AvgIpc) is 2.31. The number of hydrogen-bond donors (Lipinski definition) is 2. The van der Waals surface area contributed by atoms with Crippen LogP contribution in [0.25, 0.3) is 0 Å². The zero-order chi connectivity index (χ0) is 11.4. The molecule has 1 heterocycles. The molecule has 1 amide bonds. The van der Waals surface area contributed by atoms with Gasteiger partial charge in [-0.1, -0.05) is 6.07 Å². The molecule has 4 nitrogen and oxygen atoms in total. The molecule has 4 heteroatoms. The minimum atomic E-state index is -0.426. The Hall–Kier alpha value is -2.36. The SMILES string of the molecule is NC(=O)c1ccc(Nc2ccccn2)cc1. The van der Waals surface area contributed by atoms with Gasteiger partial charge in [-0.05, 0) is 36.4 Å². The fraction of sp³-hybridized carbons (Fsp3) is 0. The van der Waals surface area contributed by atoms with E-state index >= 15 is 0 Å². The van der Waals surface area contributed by atoms with Crippen LogP contribution in [0.5, 0.6) is 0 Å². The maximum absolute atomic E-state index is 10.9. The summed E-state index contributed by atoms with van der Waals surface area (Å²) >= 11 is 0. The number of aromatic nitrogens is 1. The van der Waals surface area contributed by atoms with E-state index in [0.29, 0.717) is 5.56 Å². The number of pyridine rings is 1. The second-order valence-corrected chi connectivity index (χ2v) is 3.28. The largest absolute Gasteiger partial charge is 0.366 e. The molecule has 1 aromatic heterocycles. The van der Waals surface area contributed by atoms with E-state index in [1.165, 1.54) is 0 Å². The average molecular weight is 213 g/mol. The first-order valence-electron chi connectivity index (χ1n) is 4.83. The third kappa shape index (κ3) is 2.36. The van der Waals surface area contributed by atoms with Crippen LogP contribution in [0.3, 0.4) is 0 Å². The van der Waals surface area contributed by atoms with Crippen LogP contribution >= 0.6 is 0 Å². The number of amides is 1. The number of primary amides is 1. The van der Waals surface area contributed by atoms with Crippen molar-refractivity contribution in [3.05, 3.63) is 54.2 Å². The number of anilines is 2. The van der Waals surface area contributed by atoms with Gasteiger partial charge in [0, 0.05) is 17.4 Å². The Morgan fingerprint density at radius 1 is 1.12 bits per heavy atom. The molecule has 0 bridgehead atoms. The van der Waals surface area contributed by atoms with E-state index < -0.39 is 5.91 Å². The van der Waals surface area contributed by atoms with Crippen LogP contribution < -0.4 is 11.1 Å². The van der Waals surface area contributed by atoms with Gasteiger partial charge in [0.25, 0.3) is 0 Å². The molecule has 0 aliphatic rings. The standard InChI is InChI=1S/C12H11N3O/c13-12(16)9-4-6-10(7-5-9)15-11-3-1-2-8-14-11/h1-8H,(H2,13,16)(H,14,15). The van der Waals surface area contributed by atoms with E-state index in [4.69, 9.17) is 5.73 Å². The Morgan fingerprint density at radius 2 is 1.88 bits per heavy atom. The Labute approximate surface area is 93.1 Å². The van der Waals surface area contributed by atoms with Gasteiger partial charge in [-0.15, -0.1) is 0 Å². The van der Waals surface area contributed by atoms with Gasteiger partial charge in [-0.25, -0.2) is 4.98 Å². The van der Waals surface area contributed by atoms with E-state index in [1.807, 2.05) is 18.2 Å². The maximum atomic E-state index is 10.9. The highest BCUT2D eigenvalue weighted by atomic mass is 16.1. The molecule has 1 aromatic carbocycles. The summed E-state index contributed by atoms with van der Waals surface area (Å²) in [7, 11) is 0. The topological polar surface area (TPSA) is 68.0 Å². The quantitative estimate of drug-likeness (QED) is 0.818. The third-order valence-electron chi connectivity index (χ3n) is 2.11. The molecule has 0 aliphatic heterocycles. The monoisotopic (exact) mass is 213 g/mol. The molecule has 2 rings (SSSR count). The van der Waals surface area contributed by atoms with Crippen molar-refractivity contribution in [2.75, 3.05) is 5.32 Å². The number of nitrogens with one attached hydrogen (secondary N) is 1. The molecular weight excluding hydrogens is 202 g/mol. The van der Waals surface area contributed by atoms with E-state index in [0.717, 1.165) is 11.5 Å². The van der Waals surface area contributed by atoms with Crippen LogP contribution in [-0.4, -0.2) is 10.9 Å². The summed E-state index contributed by atoms with van der Waals surface area (Å²) in [5.41, 5.74) is 6.50. The Morgan fingerprint density at radius 3 is 2.44 bits per heavy atom. The second kappa shape index (κ2) is 4.44. The summed E-state index contributed by atoms with van der Waals surface area (Å²) in [6, 6.07) is 12.5. The zero-order valence-electron chi connectivity index (χ0n) is 8.55. The predicted molar refractivity (Wildman–Crippen MR) is 62.5 cm³/mol. The van der Waals surface area contributed by atoms with E-state index in [9.17, 15) is 4.79 Å². The number of nitrogens with two attached hydrogens (primary N) is 1. The molecule has 0 spiro atoms. The summed E-state index contributed by atoms with van der Waals surface area (Å²) in [5, 5.41) is 3.11. The van der Waals surface area contributed by atoms with Gasteiger partial charge >= 0.3 is 0 Å². The summed E-state index contributed by atoms with van der Waals surface area (Å²) < 4.78 is 0. The fourth-order valence-electron chi connectivity index (χ4n) is 1.30. The fourth-order valence-corrected chi connectivity index (χ4v) is 1.30. The van der Waals surface area contributed by atoms with Crippen LogP contribution in [0.4, 0.5) is 11.5 Å². The van der Waals surface area contributed by atoms with Crippen molar-refractivity contribution in [1.29, 1.82) is 0 Å². The normalized spacial score (nSPS) is 9.75. The van der Waals surface area contributed by atoms with Gasteiger partial charge < -0.3 is 11.1 Å². The smallest absolute Gasteiger partial charge is 0.248 e. The highest BCUT2D eigenvalue weighted by Crippen LogP contribution is 2.14. The van der Waals surface area contributed by atoms with E-state index in [1.54, 1.807) is 30.5 Å². The lowest BCUT2D eigenvalue weighted by Gasteiger charge is -2.05. The van der Waals surface area contributed by atoms with Gasteiger partial charge in [0.1, 0.15) is 5.82 Å². The van der Waals surface area contributed by atoms with Gasteiger partial charge in [-0.2, -0.15) is 0 Å². The molecule has 0 saturated heterocycles. The van der Waals surface area contributed by atoms with Crippen molar-refractivity contribution in [3.63, 3.8) is 0 Å². The molecule has 16 heavy (non-hydrogen) atoms. The molecule has 0 aliphatic carbocycles. The molecule has 2 aromatic rings. The number of carbonyl (C=O) groups excluding carboxylic acids is 1. The van der Waals surface area contributed by atoms with Crippen molar-refractivity contribution in [1.82, 2.24) is 4.98 Å². The molecule has 0 saturated carbocycles. The number of benzene rings is 1. The van der Waals surface area contributed by atoms with Gasteiger partial charge in [0.15, 0.2) is 0 Å². The molecular formula is C12H11N3O. The van der Waals surface area contributed by atoms with Crippen LogP contribution in [0, 0.1) is 0 Å². The van der Waals surface area contributed by atoms with Crippen LogP contribution in [0.15, 0.2) is 48.7 Å². The van der Waals surface area contributed by atoms with E-state index in [2.05, 4.69) is 10.3 Å². The maximum Gasteiger partial charge on any atom is 0.248 e. The first kappa shape index (κ1) is 10.2. The Balaban J connectivity index is 2.14. The van der Waals surface area contributed by atoms with Crippen molar-refractivity contribution in [2.45, 2.75) is 0 Å². The van der Waals surface area contributed by atoms with Crippen molar-refractivity contribution < 1.29 is 4.79 Å². The molecule has 0 radical (unpaired) electrons. The predicted octanol–water partition coefficient (Wildman–Crippen LogP) is 1.92. The number of rotatable bonds is 3. The van der Waals surface area contributed by atoms with Gasteiger partial charge in [-0.3, -0.25) is 4.79 Å². The first-order valence-corrected chi connectivity index (χ1v) is 4.83. The van der Waals surface area contributed by atoms with Crippen LogP contribution in [0.1, 0.15) is 10.4 Å². The van der Waals surface area contributed by atoms with Gasteiger partial charge in [0.2, 0.25) is 5.91 Å². The lowest BCUT2D eigenvalue weighted by molar-refractivity contribution is 0.100. The summed E-state index contributed by atoms with van der Waals surface area (Å²) in [4.78, 5) is 15.0. The number of carbonyl (C=O) groups is 1. The van der Waals surface area contributed by atoms with Crippen molar-refractivity contribution >= 4 is 17.4 Å². The lowest BCUT2D eigenvalue weighted by atomic mass is 10.2. The molecule has 0 atom stereocenters. The molecule has 0 fully saturated rings. The van der Waals surface area contributed by atoms with Crippen molar-refractivity contribution in [3.8, 4) is 0 Å². The Bertz CT molecular complexity index is 479. The molecule has 3 N–H and O–H groups in total. The Kier molecular flexibility index (Phi) is 2.82. The summed E-state index contributed by atoms with van der Waals surface area (Å²) in [5.74, 6) is 0.332. The minimum Gasteiger partial charge on any atom is -0.366 e. The van der Waals surface area contributed by atoms with Crippen molar-refractivity contribution in [2.24, 2.45) is 5.73 Å². The summed E-state index contributed by atoms with van der Waals surface area (Å²) in [6.07, 6.45) is 1.71. The zero-order valence-corrected chi connectivity index (χ0v) is 8.55. The lowest BCUT2D eigenvalue weighted by Crippen LogP contribution is -2.10. The molecule has 0 unspecified atom stereocenters. The third-order valence-corrected chi connectivity index (χ3v) is 2.11. The minimum absolute atomic E-state index is 0.426. The number of hydrogen-bond acceptors (Lipinski definition) is 3. The highest BCUT2D eigenvalue weighted by Gasteiger charge is 1.99. The highest BCUT2D eigenvalue weighted by molar-refractivity contribution is 5.93. The summed E-state index contributed by atoms with van der Waals surface area (Å²) in [6.45, 7) is 0. The van der Waals surface area contributed by atoms with Crippen LogP contribution in [0.2, 0.25) is 0 Å². The van der Waals surface area contributed by atoms with Crippen LogP contribution in [-0.2, 0) is 0 Å². The first-order chi connectivity index (χ1) is 7.75. The van der Waals surface area contributed by atoms with E-state index in [-0.39, 0.29) is 0 Å². The van der Waals surface area contributed by atoms with Gasteiger partial charge in [0.05, 0.1) is 0 Å². The second-order valence-electron chi connectivity index (χ2n) is 3.28.